The van der Waals surface area contributed by atoms with Gasteiger partial charge in [0.05, 0.1) is 17.1 Å². The van der Waals surface area contributed by atoms with Gasteiger partial charge < -0.3 is 4.74 Å². The molecule has 0 unspecified atom stereocenters. The summed E-state index contributed by atoms with van der Waals surface area (Å²) < 4.78 is 22.4. The van der Waals surface area contributed by atoms with Crippen LogP contribution in [0.4, 0.5) is 4.39 Å². The maximum atomic E-state index is 13.5. The smallest absolute Gasteiger partial charge is 0.282 e. The van der Waals surface area contributed by atoms with Gasteiger partial charge in [0, 0.05) is 20.4 Å². The van der Waals surface area contributed by atoms with Crippen LogP contribution < -0.4 is 10.3 Å². The third-order valence-corrected chi connectivity index (χ3v) is 5.90. The highest BCUT2D eigenvalue weighted by molar-refractivity contribution is 9.10. The van der Waals surface area contributed by atoms with E-state index in [1.165, 1.54) is 16.8 Å². The van der Waals surface area contributed by atoms with Crippen LogP contribution in [-0.4, -0.2) is 15.9 Å². The molecule has 1 aromatic heterocycles. The molecule has 0 saturated carbocycles. The quantitative estimate of drug-likeness (QED) is 0.243. The summed E-state index contributed by atoms with van der Waals surface area (Å²) in [5, 5.41) is 4.96. The molecule has 8 heteroatoms. The number of ether oxygens (including phenoxy) is 1. The predicted octanol–water partition coefficient (Wildman–Crippen LogP) is 6.65. The van der Waals surface area contributed by atoms with Crippen LogP contribution >= 0.6 is 31.9 Å². The average Bonchev–Trinajstić information content (AvgIpc) is 2.78. The molecular weight excluding hydrogens is 553 g/mol. The zero-order valence-corrected chi connectivity index (χ0v) is 21.1. The van der Waals surface area contributed by atoms with E-state index < -0.39 is 0 Å². The highest BCUT2D eigenvalue weighted by atomic mass is 79.9. The van der Waals surface area contributed by atoms with Crippen molar-refractivity contribution in [3.8, 4) is 5.75 Å². The summed E-state index contributed by atoms with van der Waals surface area (Å²) in [5.41, 5.74) is 1.75. The van der Waals surface area contributed by atoms with E-state index in [-0.39, 0.29) is 23.9 Å². The summed E-state index contributed by atoms with van der Waals surface area (Å²) in [6, 6.07) is 17.2. The van der Waals surface area contributed by atoms with Crippen molar-refractivity contribution in [3.05, 3.63) is 103 Å². The average molecular weight is 573 g/mol. The first-order valence-electron chi connectivity index (χ1n) is 10.2. The molecule has 1 heterocycles. The molecule has 0 atom stereocenters. The zero-order valence-electron chi connectivity index (χ0n) is 17.9. The van der Waals surface area contributed by atoms with Crippen molar-refractivity contribution in [1.82, 2.24) is 9.66 Å². The SMILES string of the molecule is CC(C)c1nc2ccc(Br)cc2c(=O)n1N=Cc1cc(Br)ccc1OCc1cccc(F)c1. The fourth-order valence-corrected chi connectivity index (χ4v) is 4.05. The molecule has 0 spiro atoms. The lowest BCUT2D eigenvalue weighted by Gasteiger charge is -2.13. The van der Waals surface area contributed by atoms with Gasteiger partial charge in [0.25, 0.3) is 5.56 Å². The molecule has 0 aliphatic rings. The van der Waals surface area contributed by atoms with Crippen LogP contribution in [0.3, 0.4) is 0 Å². The molecule has 5 nitrogen and oxygen atoms in total. The second kappa shape index (κ2) is 9.97. The Morgan fingerprint density at radius 1 is 1.09 bits per heavy atom. The van der Waals surface area contributed by atoms with Crippen LogP contribution in [0.2, 0.25) is 0 Å². The van der Waals surface area contributed by atoms with Gasteiger partial charge in [-0.3, -0.25) is 4.79 Å². The Kier molecular flexibility index (Phi) is 7.05. The summed E-state index contributed by atoms with van der Waals surface area (Å²) in [4.78, 5) is 17.9. The van der Waals surface area contributed by atoms with Crippen LogP contribution in [0, 0.1) is 5.82 Å². The van der Waals surface area contributed by atoms with E-state index in [1.54, 1.807) is 30.5 Å². The number of halogens is 3. The monoisotopic (exact) mass is 571 g/mol. The molecule has 0 amide bonds. The number of fused-ring (bicyclic) bond motifs is 1. The van der Waals surface area contributed by atoms with Crippen molar-refractivity contribution in [1.29, 1.82) is 0 Å². The van der Waals surface area contributed by atoms with Crippen LogP contribution in [0.25, 0.3) is 10.9 Å². The third kappa shape index (κ3) is 5.39. The molecule has 0 bridgehead atoms. The van der Waals surface area contributed by atoms with Gasteiger partial charge >= 0.3 is 0 Å². The predicted molar refractivity (Wildman–Crippen MR) is 136 cm³/mol. The van der Waals surface area contributed by atoms with Crippen molar-refractivity contribution in [3.63, 3.8) is 0 Å². The second-order valence-electron chi connectivity index (χ2n) is 7.75. The lowest BCUT2D eigenvalue weighted by atomic mass is 10.2. The molecule has 0 radical (unpaired) electrons. The molecule has 4 aromatic rings. The molecule has 3 aromatic carbocycles. The molecule has 0 N–H and O–H groups in total. The van der Waals surface area contributed by atoms with E-state index in [4.69, 9.17) is 4.74 Å². The van der Waals surface area contributed by atoms with Crippen molar-refractivity contribution in [2.45, 2.75) is 26.4 Å². The maximum Gasteiger partial charge on any atom is 0.282 e. The number of hydrogen-bond donors (Lipinski definition) is 0. The van der Waals surface area contributed by atoms with E-state index in [1.807, 2.05) is 38.1 Å². The number of rotatable bonds is 6. The van der Waals surface area contributed by atoms with E-state index in [0.717, 1.165) is 8.95 Å². The zero-order chi connectivity index (χ0) is 23.5. The summed E-state index contributed by atoms with van der Waals surface area (Å²) in [7, 11) is 0. The molecule has 0 aliphatic heterocycles. The van der Waals surface area contributed by atoms with Gasteiger partial charge in [-0.1, -0.05) is 57.8 Å². The largest absolute Gasteiger partial charge is 0.488 e. The minimum atomic E-state index is -0.315. The lowest BCUT2D eigenvalue weighted by molar-refractivity contribution is 0.305. The summed E-state index contributed by atoms with van der Waals surface area (Å²) >= 11 is 6.88. The number of benzene rings is 3. The molecule has 33 heavy (non-hydrogen) atoms. The van der Waals surface area contributed by atoms with Gasteiger partial charge in [0.2, 0.25) is 0 Å². The first kappa shape index (κ1) is 23.3. The highest BCUT2D eigenvalue weighted by Gasteiger charge is 2.14. The van der Waals surface area contributed by atoms with Gasteiger partial charge in [-0.2, -0.15) is 9.78 Å². The van der Waals surface area contributed by atoms with E-state index in [2.05, 4.69) is 41.9 Å². The minimum Gasteiger partial charge on any atom is -0.488 e. The summed E-state index contributed by atoms with van der Waals surface area (Å²) in [6.45, 7) is 4.12. The third-order valence-electron chi connectivity index (χ3n) is 4.92. The number of aromatic nitrogens is 2. The van der Waals surface area contributed by atoms with Crippen LogP contribution in [0.5, 0.6) is 5.75 Å². The standard InChI is InChI=1S/C25H20Br2FN3O2/c1-15(2)24-30-22-8-6-19(27)12-21(22)25(32)31(24)29-13-17-11-18(26)7-9-23(17)33-14-16-4-3-5-20(28)10-16/h3-13,15H,14H2,1-2H3. The molecule has 0 saturated heterocycles. The Morgan fingerprint density at radius 2 is 1.85 bits per heavy atom. The Labute approximate surface area is 207 Å². The van der Waals surface area contributed by atoms with Gasteiger partial charge in [0.1, 0.15) is 24.0 Å². The van der Waals surface area contributed by atoms with E-state index >= 15 is 0 Å². The summed E-state index contributed by atoms with van der Waals surface area (Å²) in [5.74, 6) is 0.781. The van der Waals surface area contributed by atoms with Crippen molar-refractivity contribution < 1.29 is 9.13 Å². The van der Waals surface area contributed by atoms with Gasteiger partial charge in [0.15, 0.2) is 0 Å². The second-order valence-corrected chi connectivity index (χ2v) is 9.58. The molecule has 168 valence electrons. The topological polar surface area (TPSA) is 56.5 Å². The number of hydrogen-bond acceptors (Lipinski definition) is 4. The van der Waals surface area contributed by atoms with Crippen molar-refractivity contribution in [2.75, 3.05) is 0 Å². The Bertz CT molecular complexity index is 1420. The van der Waals surface area contributed by atoms with Gasteiger partial charge in [-0.25, -0.2) is 9.37 Å². The Hall–Kier alpha value is -2.84. The lowest BCUT2D eigenvalue weighted by Crippen LogP contribution is -2.23. The van der Waals surface area contributed by atoms with E-state index in [9.17, 15) is 9.18 Å². The molecular formula is C25H20Br2FN3O2. The van der Waals surface area contributed by atoms with Crippen LogP contribution in [0.15, 0.2) is 79.5 Å². The fourth-order valence-electron chi connectivity index (χ4n) is 3.31. The van der Waals surface area contributed by atoms with Crippen molar-refractivity contribution >= 4 is 49.0 Å². The Morgan fingerprint density at radius 3 is 2.61 bits per heavy atom. The maximum absolute atomic E-state index is 13.5. The van der Waals surface area contributed by atoms with Gasteiger partial charge in [-0.15, -0.1) is 0 Å². The summed E-state index contributed by atoms with van der Waals surface area (Å²) in [6.07, 6.45) is 1.57. The van der Waals surface area contributed by atoms with Crippen molar-refractivity contribution in [2.24, 2.45) is 5.10 Å². The van der Waals surface area contributed by atoms with Crippen LogP contribution in [0.1, 0.15) is 36.7 Å². The normalized spacial score (nSPS) is 11.6. The Balaban J connectivity index is 1.73. The van der Waals surface area contributed by atoms with Crippen LogP contribution in [-0.2, 0) is 6.61 Å². The number of nitrogens with zero attached hydrogens (tertiary/aromatic N) is 3. The first-order valence-corrected chi connectivity index (χ1v) is 11.8. The molecule has 0 fully saturated rings. The molecule has 4 rings (SSSR count). The molecule has 0 aliphatic carbocycles. The first-order chi connectivity index (χ1) is 15.8. The minimum absolute atomic E-state index is 0.0193. The van der Waals surface area contributed by atoms with Gasteiger partial charge in [-0.05, 0) is 54.1 Å². The van der Waals surface area contributed by atoms with E-state index in [0.29, 0.717) is 33.6 Å². The fraction of sp³-hybridized carbons (Fsp3) is 0.160. The highest BCUT2D eigenvalue weighted by Crippen LogP contribution is 2.24.